The topological polar surface area (TPSA) is 88.2 Å². The van der Waals surface area contributed by atoms with Crippen molar-refractivity contribution < 1.29 is 24.2 Å². The molecular formula is C26H30ClNO5. The average molecular weight is 472 g/mol. The van der Waals surface area contributed by atoms with Crippen LogP contribution in [0.4, 0.5) is 0 Å². The fraction of sp³-hybridized carbons (Fsp3) is 0.385. The first-order valence-electron chi connectivity index (χ1n) is 11.1. The molecule has 1 fully saturated rings. The van der Waals surface area contributed by atoms with Gasteiger partial charge in [0, 0.05) is 6.04 Å². The van der Waals surface area contributed by atoms with Crippen LogP contribution in [0.2, 0.25) is 5.02 Å². The minimum Gasteiger partial charge on any atom is -0.495 e. The summed E-state index contributed by atoms with van der Waals surface area (Å²) in [5.74, 6) is -0.362. The van der Waals surface area contributed by atoms with E-state index < -0.39 is 12.0 Å². The maximum absolute atomic E-state index is 12.4. The van der Waals surface area contributed by atoms with Crippen LogP contribution in [0.3, 0.4) is 0 Å². The number of rotatable bonds is 12. The van der Waals surface area contributed by atoms with E-state index in [-0.39, 0.29) is 24.5 Å². The third-order valence-electron chi connectivity index (χ3n) is 5.74. The normalized spacial score (nSPS) is 19.1. The number of aliphatic carboxylic acids is 1. The van der Waals surface area contributed by atoms with E-state index in [1.165, 1.54) is 18.7 Å². The van der Waals surface area contributed by atoms with E-state index in [2.05, 4.69) is 24.4 Å². The number of carboxylic acid groups (broad SMARTS) is 1. The van der Waals surface area contributed by atoms with E-state index in [0.29, 0.717) is 23.1 Å². The monoisotopic (exact) mass is 471 g/mol. The van der Waals surface area contributed by atoms with Gasteiger partial charge in [0.2, 0.25) is 5.91 Å². The molecule has 2 aromatic rings. The van der Waals surface area contributed by atoms with Crippen LogP contribution in [0.1, 0.15) is 43.4 Å². The number of benzene rings is 2. The summed E-state index contributed by atoms with van der Waals surface area (Å²) < 4.78 is 11.0. The van der Waals surface area contributed by atoms with Crippen molar-refractivity contribution in [3.63, 3.8) is 0 Å². The van der Waals surface area contributed by atoms with E-state index in [0.717, 1.165) is 18.4 Å². The third kappa shape index (κ3) is 7.62. The Hall–Kier alpha value is -2.83. The summed E-state index contributed by atoms with van der Waals surface area (Å²) in [6.45, 7) is 2.16. The lowest BCUT2D eigenvalue weighted by molar-refractivity contribution is -0.137. The van der Waals surface area contributed by atoms with Crippen molar-refractivity contribution in [2.45, 2.75) is 50.9 Å². The van der Waals surface area contributed by atoms with E-state index in [9.17, 15) is 14.7 Å². The Morgan fingerprint density at radius 2 is 2.00 bits per heavy atom. The van der Waals surface area contributed by atoms with Crippen LogP contribution in [-0.2, 0) is 20.7 Å². The highest BCUT2D eigenvalue weighted by atomic mass is 35.5. The van der Waals surface area contributed by atoms with Crippen LogP contribution < -0.4 is 10.1 Å². The molecule has 33 heavy (non-hydrogen) atoms. The lowest BCUT2D eigenvalue weighted by atomic mass is 9.97. The molecule has 1 saturated heterocycles. The Bertz CT molecular complexity index is 978. The number of carboxylic acids is 1. The van der Waals surface area contributed by atoms with Gasteiger partial charge in [0.15, 0.2) is 0 Å². The SMILES string of the molecule is COc1ccc(C[C@H](CC(=O)O)NC(=O)/C=C/CC[C@H](C)[C@H]2O[C@@H]2c2ccccc2)cc1Cl. The van der Waals surface area contributed by atoms with Gasteiger partial charge in [-0.1, -0.05) is 61.0 Å². The molecule has 0 aromatic heterocycles. The van der Waals surface area contributed by atoms with Gasteiger partial charge in [0.1, 0.15) is 11.9 Å². The molecule has 3 rings (SSSR count). The molecule has 0 bridgehead atoms. The van der Waals surface area contributed by atoms with Crippen molar-refractivity contribution in [3.05, 3.63) is 76.8 Å². The van der Waals surface area contributed by atoms with Gasteiger partial charge in [0.25, 0.3) is 0 Å². The fourth-order valence-corrected chi connectivity index (χ4v) is 4.22. The Kier molecular flexibility index (Phi) is 8.92. The van der Waals surface area contributed by atoms with Gasteiger partial charge < -0.3 is 19.9 Å². The molecule has 0 saturated carbocycles. The molecule has 176 valence electrons. The largest absolute Gasteiger partial charge is 0.495 e. The highest BCUT2D eigenvalue weighted by Gasteiger charge is 2.43. The van der Waals surface area contributed by atoms with Crippen LogP contribution in [0, 0.1) is 5.92 Å². The Balaban J connectivity index is 1.45. The predicted molar refractivity (Wildman–Crippen MR) is 127 cm³/mol. The minimum atomic E-state index is -0.977. The second-order valence-electron chi connectivity index (χ2n) is 8.37. The molecule has 0 unspecified atom stereocenters. The molecule has 2 aromatic carbocycles. The maximum Gasteiger partial charge on any atom is 0.305 e. The highest BCUT2D eigenvalue weighted by molar-refractivity contribution is 6.32. The number of amides is 1. The highest BCUT2D eigenvalue weighted by Crippen LogP contribution is 2.44. The number of ether oxygens (including phenoxy) is 2. The van der Waals surface area contributed by atoms with Crippen molar-refractivity contribution in [3.8, 4) is 5.75 Å². The molecule has 1 aliphatic rings. The van der Waals surface area contributed by atoms with Gasteiger partial charge in [-0.05, 0) is 54.5 Å². The van der Waals surface area contributed by atoms with Gasteiger partial charge >= 0.3 is 5.97 Å². The Morgan fingerprint density at radius 3 is 2.67 bits per heavy atom. The van der Waals surface area contributed by atoms with E-state index >= 15 is 0 Å². The maximum atomic E-state index is 12.4. The average Bonchev–Trinajstić information content (AvgIpc) is 3.58. The molecule has 1 aliphatic heterocycles. The minimum absolute atomic E-state index is 0.164. The smallest absolute Gasteiger partial charge is 0.305 e. The van der Waals surface area contributed by atoms with Gasteiger partial charge in [-0.15, -0.1) is 0 Å². The molecule has 2 N–H and O–H groups in total. The number of hydrogen-bond acceptors (Lipinski definition) is 4. The number of hydrogen-bond donors (Lipinski definition) is 2. The Labute approximate surface area is 199 Å². The van der Waals surface area contributed by atoms with Crippen molar-refractivity contribution in [1.29, 1.82) is 0 Å². The summed E-state index contributed by atoms with van der Waals surface area (Å²) in [5.41, 5.74) is 2.02. The second kappa shape index (κ2) is 11.9. The second-order valence-corrected chi connectivity index (χ2v) is 8.77. The number of allylic oxidation sites excluding steroid dienone is 1. The van der Waals surface area contributed by atoms with Gasteiger partial charge in [-0.2, -0.15) is 0 Å². The molecule has 0 radical (unpaired) electrons. The number of carbonyl (C=O) groups excluding carboxylic acids is 1. The van der Waals surface area contributed by atoms with Crippen molar-refractivity contribution in [1.82, 2.24) is 5.32 Å². The number of epoxide rings is 1. The zero-order chi connectivity index (χ0) is 23.8. The lowest BCUT2D eigenvalue weighted by Gasteiger charge is -2.16. The predicted octanol–water partition coefficient (Wildman–Crippen LogP) is 4.96. The summed E-state index contributed by atoms with van der Waals surface area (Å²) in [4.78, 5) is 23.6. The first kappa shape index (κ1) is 24.8. The van der Waals surface area contributed by atoms with Gasteiger partial charge in [0.05, 0.1) is 24.7 Å². The first-order chi connectivity index (χ1) is 15.9. The summed E-state index contributed by atoms with van der Waals surface area (Å²) in [5, 5.41) is 12.5. The summed E-state index contributed by atoms with van der Waals surface area (Å²) in [6, 6.07) is 14.9. The van der Waals surface area contributed by atoms with Crippen LogP contribution in [0.15, 0.2) is 60.7 Å². The standard InChI is InChI=1S/C26H30ClNO5/c1-17(25-26(33-25)19-9-4-3-5-10-19)8-6-7-11-23(29)28-20(16-24(30)31)14-18-12-13-22(32-2)21(27)15-18/h3-5,7,9-13,15,17,20,25-26H,6,8,14,16H2,1-2H3,(H,28,29)(H,30,31)/b11-7+/t17-,20+,25+,26+/m0/s1. The number of methoxy groups -OCH3 is 1. The van der Waals surface area contributed by atoms with E-state index in [1.54, 1.807) is 12.1 Å². The van der Waals surface area contributed by atoms with Crippen LogP contribution in [0.25, 0.3) is 0 Å². The van der Waals surface area contributed by atoms with Crippen LogP contribution in [0.5, 0.6) is 5.75 Å². The summed E-state index contributed by atoms with van der Waals surface area (Å²) in [7, 11) is 1.53. The number of halogens is 1. The zero-order valence-electron chi connectivity index (χ0n) is 18.9. The van der Waals surface area contributed by atoms with Gasteiger partial charge in [-0.25, -0.2) is 0 Å². The molecule has 0 aliphatic carbocycles. The van der Waals surface area contributed by atoms with Crippen molar-refractivity contribution in [2.24, 2.45) is 5.92 Å². The van der Waals surface area contributed by atoms with Crippen LogP contribution >= 0.6 is 11.6 Å². The number of nitrogens with one attached hydrogen (secondary N) is 1. The first-order valence-corrected chi connectivity index (χ1v) is 11.5. The molecular weight excluding hydrogens is 442 g/mol. The summed E-state index contributed by atoms with van der Waals surface area (Å²) >= 11 is 6.16. The lowest BCUT2D eigenvalue weighted by Crippen LogP contribution is -2.37. The molecule has 4 atom stereocenters. The number of carbonyl (C=O) groups is 2. The molecule has 7 heteroatoms. The molecule has 1 amide bonds. The van der Waals surface area contributed by atoms with Crippen LogP contribution in [-0.4, -0.2) is 36.2 Å². The van der Waals surface area contributed by atoms with E-state index in [4.69, 9.17) is 21.1 Å². The molecule has 1 heterocycles. The van der Waals surface area contributed by atoms with Crippen molar-refractivity contribution >= 4 is 23.5 Å². The Morgan fingerprint density at radius 1 is 1.24 bits per heavy atom. The van der Waals surface area contributed by atoms with E-state index in [1.807, 2.05) is 30.3 Å². The third-order valence-corrected chi connectivity index (χ3v) is 6.03. The van der Waals surface area contributed by atoms with Gasteiger partial charge in [-0.3, -0.25) is 9.59 Å². The fourth-order valence-electron chi connectivity index (χ4n) is 3.94. The summed E-state index contributed by atoms with van der Waals surface area (Å²) in [6.07, 6.45) is 5.50. The molecule has 6 nitrogen and oxygen atoms in total. The molecule has 0 spiro atoms. The zero-order valence-corrected chi connectivity index (χ0v) is 19.6. The quantitative estimate of drug-likeness (QED) is 0.337. The van der Waals surface area contributed by atoms with Crippen molar-refractivity contribution in [2.75, 3.05) is 7.11 Å².